The van der Waals surface area contributed by atoms with Crippen molar-refractivity contribution < 1.29 is 14.3 Å². The monoisotopic (exact) mass is 204 g/mol. The van der Waals surface area contributed by atoms with Gasteiger partial charge in [0.1, 0.15) is 0 Å². The van der Waals surface area contributed by atoms with Gasteiger partial charge in [-0.1, -0.05) is 5.92 Å². The van der Waals surface area contributed by atoms with E-state index in [1.165, 1.54) is 7.11 Å². The molecule has 0 aliphatic heterocycles. The second-order valence-electron chi connectivity index (χ2n) is 2.87. The third-order valence-corrected chi connectivity index (χ3v) is 1.97. The van der Waals surface area contributed by atoms with Crippen LogP contribution in [0.2, 0.25) is 0 Å². The number of hydrogen-bond acceptors (Lipinski definition) is 3. The first-order chi connectivity index (χ1) is 7.22. The Balaban J connectivity index is 3.03. The Hall–Kier alpha value is -1.95. The number of ether oxygens (including phenoxy) is 2. The van der Waals surface area contributed by atoms with Crippen LogP contribution in [0.15, 0.2) is 18.2 Å². The van der Waals surface area contributed by atoms with Crippen molar-refractivity contribution in [1.82, 2.24) is 0 Å². The number of benzene rings is 1. The van der Waals surface area contributed by atoms with Gasteiger partial charge in [-0.3, -0.25) is 4.79 Å². The van der Waals surface area contributed by atoms with E-state index in [4.69, 9.17) is 15.9 Å². The van der Waals surface area contributed by atoms with Gasteiger partial charge in [0.2, 0.25) is 0 Å². The van der Waals surface area contributed by atoms with Crippen molar-refractivity contribution in [1.29, 1.82) is 0 Å². The molecule has 0 radical (unpaired) electrons. The van der Waals surface area contributed by atoms with Crippen molar-refractivity contribution in [2.75, 3.05) is 14.2 Å². The zero-order valence-electron chi connectivity index (χ0n) is 8.74. The second-order valence-corrected chi connectivity index (χ2v) is 2.87. The summed E-state index contributed by atoms with van der Waals surface area (Å²) in [5, 5.41) is 0. The number of Topliss-reactive ketones (excluding diaryl/α,β-unsaturated/α-hetero) is 1. The average Bonchev–Trinajstić information content (AvgIpc) is 2.28. The summed E-state index contributed by atoms with van der Waals surface area (Å²) < 4.78 is 10.1. The molecule has 0 saturated heterocycles. The minimum absolute atomic E-state index is 0.0927. The van der Waals surface area contributed by atoms with Crippen molar-refractivity contribution in [3.05, 3.63) is 23.8 Å². The molecule has 3 heteroatoms. The maximum atomic E-state index is 11.5. The zero-order valence-corrected chi connectivity index (χ0v) is 8.74. The Bertz CT molecular complexity index is 402. The van der Waals surface area contributed by atoms with Crippen LogP contribution in [0.25, 0.3) is 0 Å². The smallest absolute Gasteiger partial charge is 0.174 e. The molecule has 3 nitrogen and oxygen atoms in total. The number of rotatable bonds is 4. The fourth-order valence-electron chi connectivity index (χ4n) is 1.20. The molecule has 1 aromatic carbocycles. The van der Waals surface area contributed by atoms with E-state index < -0.39 is 0 Å². The number of ketones is 1. The van der Waals surface area contributed by atoms with Crippen molar-refractivity contribution in [3.63, 3.8) is 0 Å². The van der Waals surface area contributed by atoms with E-state index in [0.29, 0.717) is 17.1 Å². The van der Waals surface area contributed by atoms with E-state index in [9.17, 15) is 4.79 Å². The van der Waals surface area contributed by atoms with Crippen LogP contribution in [0.1, 0.15) is 16.8 Å². The van der Waals surface area contributed by atoms with E-state index >= 15 is 0 Å². The highest BCUT2D eigenvalue weighted by atomic mass is 16.5. The quantitative estimate of drug-likeness (QED) is 0.555. The molecule has 0 N–H and O–H groups in total. The van der Waals surface area contributed by atoms with E-state index in [1.54, 1.807) is 25.3 Å². The molecule has 0 bridgehead atoms. The topological polar surface area (TPSA) is 35.5 Å². The van der Waals surface area contributed by atoms with Crippen molar-refractivity contribution in [2.24, 2.45) is 0 Å². The van der Waals surface area contributed by atoms with Crippen LogP contribution in [0.5, 0.6) is 11.5 Å². The first-order valence-electron chi connectivity index (χ1n) is 4.41. The van der Waals surface area contributed by atoms with Gasteiger partial charge in [-0.25, -0.2) is 0 Å². The maximum absolute atomic E-state index is 11.5. The van der Waals surface area contributed by atoms with Crippen LogP contribution in [0, 0.1) is 12.3 Å². The minimum Gasteiger partial charge on any atom is -0.493 e. The lowest BCUT2D eigenvalue weighted by molar-refractivity contribution is 0.0998. The summed E-state index contributed by atoms with van der Waals surface area (Å²) in [5.41, 5.74) is 0.533. The van der Waals surface area contributed by atoms with Gasteiger partial charge in [0, 0.05) is 5.56 Å². The Labute approximate surface area is 89.0 Å². The Kier molecular flexibility index (Phi) is 3.75. The van der Waals surface area contributed by atoms with E-state index in [-0.39, 0.29) is 12.2 Å². The maximum Gasteiger partial charge on any atom is 0.174 e. The predicted octanol–water partition coefficient (Wildman–Crippen LogP) is 1.91. The summed E-state index contributed by atoms with van der Waals surface area (Å²) in [6, 6.07) is 4.97. The highest BCUT2D eigenvalue weighted by molar-refractivity contribution is 5.98. The molecule has 0 spiro atoms. The fourth-order valence-corrected chi connectivity index (χ4v) is 1.20. The zero-order chi connectivity index (χ0) is 11.3. The molecule has 0 aliphatic carbocycles. The van der Waals surface area contributed by atoms with Crippen molar-refractivity contribution in [2.45, 2.75) is 6.42 Å². The molecule has 0 amide bonds. The van der Waals surface area contributed by atoms with Gasteiger partial charge < -0.3 is 9.47 Å². The molecule has 0 atom stereocenters. The molecule has 0 aromatic heterocycles. The van der Waals surface area contributed by atoms with Gasteiger partial charge in [-0.2, -0.15) is 0 Å². The summed E-state index contributed by atoms with van der Waals surface area (Å²) in [6.07, 6.45) is 5.16. The van der Waals surface area contributed by atoms with Gasteiger partial charge in [-0.15, -0.1) is 6.42 Å². The molecular formula is C12H12O3. The molecular weight excluding hydrogens is 192 g/mol. The van der Waals surface area contributed by atoms with Crippen LogP contribution in [0.4, 0.5) is 0 Å². The van der Waals surface area contributed by atoms with Crippen molar-refractivity contribution in [3.8, 4) is 23.8 Å². The summed E-state index contributed by atoms with van der Waals surface area (Å²) in [5.74, 6) is 3.33. The summed E-state index contributed by atoms with van der Waals surface area (Å²) in [6.45, 7) is 0. The highest BCUT2D eigenvalue weighted by Gasteiger charge is 2.09. The first-order valence-corrected chi connectivity index (χ1v) is 4.41. The van der Waals surface area contributed by atoms with Crippen LogP contribution in [-0.2, 0) is 0 Å². The summed E-state index contributed by atoms with van der Waals surface area (Å²) >= 11 is 0. The number of carbonyl (C=O) groups is 1. The van der Waals surface area contributed by atoms with Gasteiger partial charge in [-0.05, 0) is 18.2 Å². The standard InChI is InChI=1S/C12H12O3/c1-4-5-10(13)9-6-7-11(14-2)12(8-9)15-3/h1,6-8H,5H2,2-3H3. The van der Waals surface area contributed by atoms with Crippen LogP contribution in [-0.4, -0.2) is 20.0 Å². The normalized spacial score (nSPS) is 9.13. The van der Waals surface area contributed by atoms with E-state index in [0.717, 1.165) is 0 Å². The first kappa shape index (κ1) is 11.1. The SMILES string of the molecule is C#CCC(=O)c1ccc(OC)c(OC)c1. The van der Waals surface area contributed by atoms with Crippen molar-refractivity contribution >= 4 is 5.78 Å². The third kappa shape index (κ3) is 2.50. The van der Waals surface area contributed by atoms with Gasteiger partial charge in [0.25, 0.3) is 0 Å². The molecule has 15 heavy (non-hydrogen) atoms. The number of carbonyl (C=O) groups excluding carboxylic acids is 1. The molecule has 0 saturated carbocycles. The second kappa shape index (κ2) is 5.06. The lowest BCUT2D eigenvalue weighted by Crippen LogP contribution is -1.99. The Morgan fingerprint density at radius 2 is 2.00 bits per heavy atom. The van der Waals surface area contributed by atoms with Crippen LogP contribution < -0.4 is 9.47 Å². The number of terminal acetylenes is 1. The van der Waals surface area contributed by atoms with Crippen LogP contribution >= 0.6 is 0 Å². The molecule has 78 valence electrons. The fraction of sp³-hybridized carbons (Fsp3) is 0.250. The third-order valence-electron chi connectivity index (χ3n) is 1.97. The van der Waals surface area contributed by atoms with Gasteiger partial charge in [0.15, 0.2) is 17.3 Å². The van der Waals surface area contributed by atoms with E-state index in [1.807, 2.05) is 0 Å². The van der Waals surface area contributed by atoms with Crippen LogP contribution in [0.3, 0.4) is 0 Å². The number of methoxy groups -OCH3 is 2. The summed E-state index contributed by atoms with van der Waals surface area (Å²) in [7, 11) is 3.06. The molecule has 0 aliphatic rings. The van der Waals surface area contributed by atoms with Gasteiger partial charge >= 0.3 is 0 Å². The molecule has 1 aromatic rings. The lowest BCUT2D eigenvalue weighted by atomic mass is 10.1. The predicted molar refractivity (Wildman–Crippen MR) is 57.3 cm³/mol. The molecule has 1 rings (SSSR count). The Morgan fingerprint density at radius 3 is 2.53 bits per heavy atom. The summed E-state index contributed by atoms with van der Waals surface area (Å²) in [4.78, 5) is 11.5. The average molecular weight is 204 g/mol. The minimum atomic E-state index is -0.0987. The lowest BCUT2D eigenvalue weighted by Gasteiger charge is -2.08. The van der Waals surface area contributed by atoms with Gasteiger partial charge in [0.05, 0.1) is 20.6 Å². The molecule has 0 unspecified atom stereocenters. The largest absolute Gasteiger partial charge is 0.493 e. The highest BCUT2D eigenvalue weighted by Crippen LogP contribution is 2.27. The van der Waals surface area contributed by atoms with E-state index in [2.05, 4.69) is 5.92 Å². The Morgan fingerprint density at radius 1 is 1.33 bits per heavy atom. The molecule has 0 fully saturated rings. The molecule has 0 heterocycles. The number of hydrogen-bond donors (Lipinski definition) is 0.